The van der Waals surface area contributed by atoms with Crippen LogP contribution in [0.25, 0.3) is 0 Å². The van der Waals surface area contributed by atoms with E-state index in [9.17, 15) is 0 Å². The van der Waals surface area contributed by atoms with Gasteiger partial charge in [-0.3, -0.25) is 0 Å². The van der Waals surface area contributed by atoms with Crippen LogP contribution in [0.15, 0.2) is 23.2 Å². The first-order chi connectivity index (χ1) is 9.67. The molecule has 6 heteroatoms. The molecule has 0 bridgehead atoms. The van der Waals surface area contributed by atoms with Gasteiger partial charge in [0.05, 0.1) is 21.5 Å². The first-order valence-corrected chi connectivity index (χ1v) is 7.72. The Balaban J connectivity index is 1.79. The van der Waals surface area contributed by atoms with E-state index in [1.807, 2.05) is 6.07 Å². The lowest BCUT2D eigenvalue weighted by atomic mass is 10.1. The molecule has 2 aliphatic rings. The number of hydrogen-bond donors (Lipinski definition) is 4. The number of pyridine rings is 1. The van der Waals surface area contributed by atoms with Gasteiger partial charge in [-0.25, -0.2) is 4.98 Å². The molecular formula is C14H19N5S. The number of allylic oxidation sites excluding steroid dienone is 1. The molecule has 0 spiro atoms. The molecule has 1 aliphatic carbocycles. The van der Waals surface area contributed by atoms with E-state index in [0.717, 1.165) is 35.2 Å². The number of nitrogen functional groups attached to an aromatic ring is 1. The molecule has 0 radical (unpaired) electrons. The largest absolute Gasteiger partial charge is 0.405 e. The highest BCUT2D eigenvalue weighted by molar-refractivity contribution is 8.01. The summed E-state index contributed by atoms with van der Waals surface area (Å²) in [7, 11) is 0. The fraction of sp³-hybridized carbons (Fsp3) is 0.429. The fourth-order valence-corrected chi connectivity index (χ4v) is 3.58. The molecule has 6 N–H and O–H groups in total. The van der Waals surface area contributed by atoms with Gasteiger partial charge in [-0.05, 0) is 31.0 Å². The van der Waals surface area contributed by atoms with Crippen molar-refractivity contribution in [2.75, 3.05) is 17.6 Å². The van der Waals surface area contributed by atoms with Crippen LogP contribution in [0.5, 0.6) is 0 Å². The van der Waals surface area contributed by atoms with Gasteiger partial charge < -0.3 is 22.2 Å². The number of rotatable bonds is 5. The Morgan fingerprint density at radius 3 is 3.05 bits per heavy atom. The van der Waals surface area contributed by atoms with Crippen molar-refractivity contribution < 1.29 is 0 Å². The van der Waals surface area contributed by atoms with E-state index in [1.165, 1.54) is 19.0 Å². The van der Waals surface area contributed by atoms with Gasteiger partial charge in [-0.1, -0.05) is 0 Å². The first-order valence-electron chi connectivity index (χ1n) is 6.84. The Morgan fingerprint density at radius 1 is 1.55 bits per heavy atom. The quantitative estimate of drug-likeness (QED) is 0.621. The summed E-state index contributed by atoms with van der Waals surface area (Å²) in [5.74, 6) is 1.35. The summed E-state index contributed by atoms with van der Waals surface area (Å²) in [5, 5.41) is 11.6. The summed E-state index contributed by atoms with van der Waals surface area (Å²) >= 11 is 1.68. The Morgan fingerprint density at radius 2 is 2.35 bits per heavy atom. The van der Waals surface area contributed by atoms with E-state index in [0.29, 0.717) is 11.5 Å². The SMILES string of the molecule is N=C(C=CN)C1Cc2nc(N)cc(NCC3CC3)c2S1. The van der Waals surface area contributed by atoms with E-state index in [1.54, 1.807) is 17.8 Å². The number of aromatic nitrogens is 1. The number of hydrogen-bond acceptors (Lipinski definition) is 6. The van der Waals surface area contributed by atoms with Crippen molar-refractivity contribution in [1.29, 1.82) is 5.41 Å². The molecule has 0 saturated heterocycles. The normalized spacial score (nSPS) is 21.1. The Bertz CT molecular complexity index is 565. The molecule has 0 amide bonds. The van der Waals surface area contributed by atoms with E-state index < -0.39 is 0 Å². The highest BCUT2D eigenvalue weighted by Crippen LogP contribution is 2.42. The minimum absolute atomic E-state index is 0.0839. The molecule has 106 valence electrons. The van der Waals surface area contributed by atoms with Gasteiger partial charge in [0.1, 0.15) is 5.82 Å². The summed E-state index contributed by atoms with van der Waals surface area (Å²) < 4.78 is 0. The molecule has 0 aromatic carbocycles. The van der Waals surface area contributed by atoms with Crippen LogP contribution in [0.1, 0.15) is 18.5 Å². The number of fused-ring (bicyclic) bond motifs is 1. The Labute approximate surface area is 122 Å². The van der Waals surface area contributed by atoms with Crippen molar-refractivity contribution in [3.05, 3.63) is 24.0 Å². The summed E-state index contributed by atoms with van der Waals surface area (Å²) in [6.07, 6.45) is 6.44. The fourth-order valence-electron chi connectivity index (χ4n) is 2.33. The van der Waals surface area contributed by atoms with Gasteiger partial charge in [0.15, 0.2) is 0 Å². The minimum Gasteiger partial charge on any atom is -0.405 e. The maximum Gasteiger partial charge on any atom is 0.125 e. The van der Waals surface area contributed by atoms with Crippen molar-refractivity contribution in [1.82, 2.24) is 4.98 Å². The third kappa shape index (κ3) is 2.75. The highest BCUT2D eigenvalue weighted by Gasteiger charge is 2.29. The lowest BCUT2D eigenvalue weighted by Gasteiger charge is -2.11. The van der Waals surface area contributed by atoms with Gasteiger partial charge in [-0.15, -0.1) is 11.8 Å². The van der Waals surface area contributed by atoms with Crippen molar-refractivity contribution in [2.45, 2.75) is 29.4 Å². The molecule has 1 aromatic rings. The molecule has 1 unspecified atom stereocenters. The number of anilines is 2. The molecule has 20 heavy (non-hydrogen) atoms. The van der Waals surface area contributed by atoms with Gasteiger partial charge in [0, 0.05) is 24.7 Å². The molecule has 5 nitrogen and oxygen atoms in total. The molecule has 1 fully saturated rings. The molecule has 3 rings (SSSR count). The minimum atomic E-state index is 0.0839. The average Bonchev–Trinajstić information content (AvgIpc) is 3.14. The predicted molar refractivity (Wildman–Crippen MR) is 84.3 cm³/mol. The van der Waals surface area contributed by atoms with Crippen LogP contribution in [0.2, 0.25) is 0 Å². The van der Waals surface area contributed by atoms with Gasteiger partial charge in [0.2, 0.25) is 0 Å². The van der Waals surface area contributed by atoms with E-state index in [2.05, 4.69) is 10.3 Å². The van der Waals surface area contributed by atoms with Gasteiger partial charge in [-0.2, -0.15) is 0 Å². The van der Waals surface area contributed by atoms with Crippen molar-refractivity contribution in [2.24, 2.45) is 11.7 Å². The number of nitrogens with one attached hydrogen (secondary N) is 2. The van der Waals surface area contributed by atoms with Crippen LogP contribution in [0.4, 0.5) is 11.5 Å². The summed E-state index contributed by atoms with van der Waals surface area (Å²) in [4.78, 5) is 5.55. The second kappa shape index (κ2) is 5.36. The number of thioether (sulfide) groups is 1. The highest BCUT2D eigenvalue weighted by atomic mass is 32.2. The van der Waals surface area contributed by atoms with Gasteiger partial charge in [0.25, 0.3) is 0 Å². The topological polar surface area (TPSA) is 101 Å². The predicted octanol–water partition coefficient (Wildman–Crippen LogP) is 1.99. The van der Waals surface area contributed by atoms with Gasteiger partial charge >= 0.3 is 0 Å². The van der Waals surface area contributed by atoms with Crippen molar-refractivity contribution >= 4 is 29.0 Å². The summed E-state index contributed by atoms with van der Waals surface area (Å²) in [5.41, 5.74) is 13.8. The summed E-state index contributed by atoms with van der Waals surface area (Å²) in [6.45, 7) is 1.00. The first kappa shape index (κ1) is 13.3. The Kier molecular flexibility index (Phi) is 3.56. The van der Waals surface area contributed by atoms with Crippen LogP contribution >= 0.6 is 11.8 Å². The summed E-state index contributed by atoms with van der Waals surface area (Å²) in [6, 6.07) is 1.90. The molecule has 1 atom stereocenters. The lowest BCUT2D eigenvalue weighted by molar-refractivity contribution is 0.882. The van der Waals surface area contributed by atoms with E-state index >= 15 is 0 Å². The zero-order valence-electron chi connectivity index (χ0n) is 11.2. The standard InChI is InChI=1S/C14H19N5S/c15-4-3-9(16)12-5-11-14(20-12)10(6-13(17)19-11)18-7-8-1-2-8/h3-4,6,8,12,16H,1-2,5,7,15H2,(H3,17,18,19). The second-order valence-electron chi connectivity index (χ2n) is 5.32. The van der Waals surface area contributed by atoms with Crippen molar-refractivity contribution in [3.63, 3.8) is 0 Å². The molecule has 1 aliphatic heterocycles. The molecule has 1 saturated carbocycles. The molecular weight excluding hydrogens is 270 g/mol. The van der Waals surface area contributed by atoms with E-state index in [-0.39, 0.29) is 5.25 Å². The van der Waals surface area contributed by atoms with Crippen LogP contribution in [0.3, 0.4) is 0 Å². The van der Waals surface area contributed by atoms with Crippen LogP contribution in [-0.4, -0.2) is 22.5 Å². The Hall–Kier alpha value is -1.69. The van der Waals surface area contributed by atoms with Crippen LogP contribution in [0, 0.1) is 11.3 Å². The maximum atomic E-state index is 8.00. The third-order valence-electron chi connectivity index (χ3n) is 3.60. The number of nitrogens with zero attached hydrogens (tertiary/aromatic N) is 1. The zero-order valence-corrected chi connectivity index (χ0v) is 12.0. The third-order valence-corrected chi connectivity index (χ3v) is 5.00. The monoisotopic (exact) mass is 289 g/mol. The van der Waals surface area contributed by atoms with E-state index in [4.69, 9.17) is 16.9 Å². The maximum absolute atomic E-state index is 8.00. The second-order valence-corrected chi connectivity index (χ2v) is 6.53. The molecule has 1 aromatic heterocycles. The van der Waals surface area contributed by atoms with Crippen molar-refractivity contribution in [3.8, 4) is 0 Å². The molecule has 2 heterocycles. The smallest absolute Gasteiger partial charge is 0.125 e. The van der Waals surface area contributed by atoms with Crippen LogP contribution < -0.4 is 16.8 Å². The average molecular weight is 289 g/mol. The van der Waals surface area contributed by atoms with Crippen LogP contribution in [-0.2, 0) is 6.42 Å². The zero-order chi connectivity index (χ0) is 14.1. The number of nitrogens with two attached hydrogens (primary N) is 2. The lowest BCUT2D eigenvalue weighted by Crippen LogP contribution is -2.13.